The molecule has 0 aliphatic carbocycles. The van der Waals surface area contributed by atoms with Gasteiger partial charge in [-0.3, -0.25) is 10.1 Å². The molecular weight excluding hydrogens is 328 g/mol. The van der Waals surface area contributed by atoms with Crippen molar-refractivity contribution in [2.45, 2.75) is 20.8 Å². The van der Waals surface area contributed by atoms with E-state index < -0.39 is 0 Å². The van der Waals surface area contributed by atoms with Crippen LogP contribution in [0.3, 0.4) is 0 Å². The molecule has 0 fully saturated rings. The average Bonchev–Trinajstić information content (AvgIpc) is 3.07. The summed E-state index contributed by atoms with van der Waals surface area (Å²) in [6.45, 7) is 5.53. The van der Waals surface area contributed by atoms with E-state index in [0.717, 1.165) is 37.8 Å². The first-order valence-electron chi connectivity index (χ1n) is 7.13. The molecule has 1 amide bonds. The Balaban J connectivity index is 1.74. The van der Waals surface area contributed by atoms with Gasteiger partial charge in [0.1, 0.15) is 5.69 Å². The fourth-order valence-corrected chi connectivity index (χ4v) is 3.95. The highest BCUT2D eigenvalue weighted by Gasteiger charge is 2.13. The first-order valence-corrected chi connectivity index (χ1v) is 8.83. The van der Waals surface area contributed by atoms with Crippen molar-refractivity contribution in [1.82, 2.24) is 9.97 Å². The first-order chi connectivity index (χ1) is 11.0. The number of benzene rings is 1. The van der Waals surface area contributed by atoms with Crippen LogP contribution in [0.2, 0.25) is 0 Å². The minimum atomic E-state index is -0.0680. The average molecular weight is 345 g/mol. The van der Waals surface area contributed by atoms with Gasteiger partial charge in [-0.1, -0.05) is 11.3 Å². The Morgan fingerprint density at radius 2 is 1.91 bits per heavy atom. The molecule has 0 atom stereocenters. The van der Waals surface area contributed by atoms with E-state index in [1.165, 1.54) is 6.92 Å². The van der Waals surface area contributed by atoms with Gasteiger partial charge >= 0.3 is 0 Å². The number of thiazole rings is 2. The van der Waals surface area contributed by atoms with Crippen molar-refractivity contribution in [2.75, 3.05) is 5.32 Å². The van der Waals surface area contributed by atoms with Gasteiger partial charge in [0.2, 0.25) is 5.91 Å². The molecule has 0 bridgehead atoms. The lowest BCUT2D eigenvalue weighted by Crippen LogP contribution is -2.70. The number of amides is 1. The summed E-state index contributed by atoms with van der Waals surface area (Å²) in [5, 5.41) is 8.88. The van der Waals surface area contributed by atoms with Crippen molar-refractivity contribution < 1.29 is 10.1 Å². The SMILES string of the molecule is CC(=O)Nc1ccc([NH2+]c2nc(-c3sc(C)nc3C)cs2)cc1. The zero-order valence-corrected chi connectivity index (χ0v) is 14.7. The molecule has 0 saturated heterocycles. The van der Waals surface area contributed by atoms with Gasteiger partial charge in [0.05, 0.1) is 21.3 Å². The Kier molecular flexibility index (Phi) is 4.51. The predicted molar refractivity (Wildman–Crippen MR) is 94.7 cm³/mol. The number of anilines is 1. The Morgan fingerprint density at radius 1 is 1.17 bits per heavy atom. The number of rotatable bonds is 4. The molecule has 3 aromatic rings. The van der Waals surface area contributed by atoms with E-state index in [1.54, 1.807) is 22.7 Å². The number of nitrogens with one attached hydrogen (secondary N) is 1. The predicted octanol–water partition coefficient (Wildman–Crippen LogP) is 3.37. The summed E-state index contributed by atoms with van der Waals surface area (Å²) < 4.78 is 0. The zero-order valence-electron chi connectivity index (χ0n) is 13.1. The van der Waals surface area contributed by atoms with Crippen LogP contribution in [0, 0.1) is 13.8 Å². The van der Waals surface area contributed by atoms with Gasteiger partial charge in [-0.25, -0.2) is 4.98 Å². The standard InChI is InChI=1S/C16H16N4OS2/c1-9-15(23-11(3)17-9)14-8-22-16(20-14)19-13-6-4-12(5-7-13)18-10(2)21/h4-8H,1-3H3,(H,18,21)(H,19,20)/p+1. The van der Waals surface area contributed by atoms with Crippen LogP contribution in [0.25, 0.3) is 10.6 Å². The monoisotopic (exact) mass is 345 g/mol. The number of aryl methyl sites for hydroxylation is 2. The molecule has 23 heavy (non-hydrogen) atoms. The zero-order chi connectivity index (χ0) is 16.4. The van der Waals surface area contributed by atoms with Crippen molar-refractivity contribution in [3.8, 4) is 10.6 Å². The molecule has 2 heterocycles. The largest absolute Gasteiger partial charge is 0.326 e. The van der Waals surface area contributed by atoms with Gasteiger partial charge in [-0.2, -0.15) is 4.98 Å². The summed E-state index contributed by atoms with van der Waals surface area (Å²) in [6, 6.07) is 7.71. The van der Waals surface area contributed by atoms with Crippen molar-refractivity contribution in [2.24, 2.45) is 0 Å². The highest BCUT2D eigenvalue weighted by atomic mass is 32.1. The minimum Gasteiger partial charge on any atom is -0.326 e. The molecule has 2 aromatic heterocycles. The molecule has 0 aliphatic rings. The maximum atomic E-state index is 11.0. The van der Waals surface area contributed by atoms with E-state index >= 15 is 0 Å². The Labute approximate surface area is 142 Å². The van der Waals surface area contributed by atoms with Gasteiger partial charge in [0.25, 0.3) is 5.13 Å². The number of carbonyl (C=O) groups is 1. The summed E-state index contributed by atoms with van der Waals surface area (Å²) in [6.07, 6.45) is 0. The fraction of sp³-hybridized carbons (Fsp3) is 0.188. The number of quaternary nitrogens is 1. The van der Waals surface area contributed by atoms with Crippen molar-refractivity contribution in [3.63, 3.8) is 0 Å². The quantitative estimate of drug-likeness (QED) is 0.712. The van der Waals surface area contributed by atoms with E-state index in [-0.39, 0.29) is 5.91 Å². The molecule has 118 valence electrons. The van der Waals surface area contributed by atoms with E-state index in [0.29, 0.717) is 0 Å². The van der Waals surface area contributed by atoms with Crippen molar-refractivity contribution >= 4 is 45.1 Å². The highest BCUT2D eigenvalue weighted by molar-refractivity contribution is 7.16. The normalized spacial score (nSPS) is 10.7. The Bertz CT molecular complexity index is 836. The molecule has 7 heteroatoms. The molecule has 3 N–H and O–H groups in total. The third-order valence-corrected chi connectivity index (χ3v) is 5.07. The summed E-state index contributed by atoms with van der Waals surface area (Å²) in [5.41, 5.74) is 3.87. The van der Waals surface area contributed by atoms with Crippen LogP contribution in [-0.4, -0.2) is 15.9 Å². The second kappa shape index (κ2) is 6.57. The number of hydrogen-bond acceptors (Lipinski definition) is 5. The fourth-order valence-electron chi connectivity index (χ4n) is 2.24. The number of hydrogen-bond donors (Lipinski definition) is 2. The number of aromatic nitrogens is 2. The van der Waals surface area contributed by atoms with Gasteiger partial charge in [0, 0.05) is 30.1 Å². The third kappa shape index (κ3) is 3.82. The topological polar surface area (TPSA) is 71.5 Å². The van der Waals surface area contributed by atoms with Crippen molar-refractivity contribution in [1.29, 1.82) is 0 Å². The number of nitrogens with two attached hydrogens (primary N) is 1. The number of nitrogens with zero attached hydrogens (tertiary/aromatic N) is 2. The molecular formula is C16H17N4OS2+. The Hall–Kier alpha value is -2.09. The summed E-state index contributed by atoms with van der Waals surface area (Å²) in [4.78, 5) is 21.3. The van der Waals surface area contributed by atoms with Crippen LogP contribution >= 0.6 is 22.7 Å². The first kappa shape index (κ1) is 15.8. The molecule has 5 nitrogen and oxygen atoms in total. The van der Waals surface area contributed by atoms with E-state index in [2.05, 4.69) is 20.7 Å². The Morgan fingerprint density at radius 3 is 2.52 bits per heavy atom. The lowest BCUT2D eigenvalue weighted by atomic mass is 10.3. The van der Waals surface area contributed by atoms with E-state index in [1.807, 2.05) is 43.4 Å². The van der Waals surface area contributed by atoms with Crippen LogP contribution in [0.1, 0.15) is 17.6 Å². The molecule has 1 aromatic carbocycles. The second-order valence-electron chi connectivity index (χ2n) is 5.17. The van der Waals surface area contributed by atoms with Gasteiger partial charge < -0.3 is 5.32 Å². The third-order valence-electron chi connectivity index (χ3n) is 3.18. The van der Waals surface area contributed by atoms with E-state index in [4.69, 9.17) is 0 Å². The maximum Gasteiger partial charge on any atom is 0.288 e. The lowest BCUT2D eigenvalue weighted by Gasteiger charge is -2.01. The second-order valence-corrected chi connectivity index (χ2v) is 7.26. The molecule has 0 aliphatic heterocycles. The summed E-state index contributed by atoms with van der Waals surface area (Å²) >= 11 is 3.29. The molecule has 0 spiro atoms. The van der Waals surface area contributed by atoms with Crippen LogP contribution in [-0.2, 0) is 4.79 Å². The van der Waals surface area contributed by atoms with Crippen LogP contribution in [0.4, 0.5) is 16.5 Å². The molecule has 0 saturated carbocycles. The summed E-state index contributed by atoms with van der Waals surface area (Å²) in [7, 11) is 0. The van der Waals surface area contributed by atoms with Crippen LogP contribution in [0.5, 0.6) is 0 Å². The van der Waals surface area contributed by atoms with Gasteiger partial charge in [-0.15, -0.1) is 11.3 Å². The van der Waals surface area contributed by atoms with Gasteiger partial charge in [-0.05, 0) is 26.0 Å². The highest BCUT2D eigenvalue weighted by Crippen LogP contribution is 2.31. The number of carbonyl (C=O) groups excluding carboxylic acids is 1. The van der Waals surface area contributed by atoms with E-state index in [9.17, 15) is 4.79 Å². The van der Waals surface area contributed by atoms with Crippen LogP contribution in [0.15, 0.2) is 29.6 Å². The molecule has 3 rings (SSSR count). The van der Waals surface area contributed by atoms with Gasteiger partial charge in [0.15, 0.2) is 0 Å². The minimum absolute atomic E-state index is 0.0680. The smallest absolute Gasteiger partial charge is 0.288 e. The van der Waals surface area contributed by atoms with Crippen LogP contribution < -0.4 is 10.6 Å². The lowest BCUT2D eigenvalue weighted by molar-refractivity contribution is -0.478. The molecule has 0 radical (unpaired) electrons. The summed E-state index contributed by atoms with van der Waals surface area (Å²) in [5.74, 6) is -0.0680. The molecule has 0 unspecified atom stereocenters. The van der Waals surface area contributed by atoms with Crippen molar-refractivity contribution in [3.05, 3.63) is 40.3 Å². The maximum absolute atomic E-state index is 11.0.